The van der Waals surface area contributed by atoms with Crippen LogP contribution in [0.2, 0.25) is 0 Å². The Balaban J connectivity index is 0.000000522. The molecule has 3 aromatic rings. The topological polar surface area (TPSA) is 68.8 Å². The van der Waals surface area contributed by atoms with Crippen molar-refractivity contribution < 1.29 is 15.4 Å². The fourth-order valence-electron chi connectivity index (χ4n) is 2.51. The van der Waals surface area contributed by atoms with Crippen LogP contribution in [0.25, 0.3) is 0 Å². The molecule has 0 spiro atoms. The molecular weight excluding hydrogens is 407 g/mol. The summed E-state index contributed by atoms with van der Waals surface area (Å²) in [5.41, 5.74) is 0. The molecule has 0 atom stereocenters. The first-order chi connectivity index (χ1) is 11.2. The van der Waals surface area contributed by atoms with E-state index in [1.807, 2.05) is 0 Å². The molecule has 0 aromatic heterocycles. The van der Waals surface area contributed by atoms with Gasteiger partial charge in [0.25, 0.3) is 5.97 Å². The van der Waals surface area contributed by atoms with Crippen LogP contribution in [0.4, 0.5) is 0 Å². The number of carbonyl (C=O) groups is 1. The third-order valence-corrected chi connectivity index (χ3v) is 12.4. The average Bonchev–Trinajstić information content (AvgIpc) is 2.58. The molecule has 24 heavy (non-hydrogen) atoms. The van der Waals surface area contributed by atoms with Gasteiger partial charge in [-0.3, -0.25) is 4.79 Å². The van der Waals surface area contributed by atoms with Crippen LogP contribution in [-0.4, -0.2) is 36.3 Å². The first-order valence-electron chi connectivity index (χ1n) is 7.53. The average molecular weight is 429 g/mol. The van der Waals surface area contributed by atoms with Gasteiger partial charge in [0.05, 0.1) is 0 Å². The summed E-state index contributed by atoms with van der Waals surface area (Å²) in [7, 11) is 0. The van der Waals surface area contributed by atoms with Crippen molar-refractivity contribution in [3.05, 3.63) is 91.0 Å². The van der Waals surface area contributed by atoms with Crippen molar-refractivity contribution >= 4 is 36.5 Å². The van der Waals surface area contributed by atoms with E-state index in [-0.39, 0.29) is 5.48 Å². The first-order valence-corrected chi connectivity index (χ1v) is 12.5. The molecule has 0 aliphatic rings. The fraction of sp³-hybridized carbons (Fsp3) is 0.0500. The van der Waals surface area contributed by atoms with Crippen LogP contribution in [0.3, 0.4) is 0 Å². The van der Waals surface area contributed by atoms with Gasteiger partial charge in [0.2, 0.25) is 0 Å². The van der Waals surface area contributed by atoms with Crippen molar-refractivity contribution in [1.82, 2.24) is 0 Å². The quantitative estimate of drug-likeness (QED) is 0.637. The molecular formula is C20H22O3Sn. The van der Waals surface area contributed by atoms with Crippen LogP contribution < -0.4 is 10.7 Å². The molecule has 0 heterocycles. The van der Waals surface area contributed by atoms with Crippen LogP contribution in [-0.2, 0) is 4.79 Å². The van der Waals surface area contributed by atoms with Gasteiger partial charge in [0.15, 0.2) is 0 Å². The third kappa shape index (κ3) is 6.18. The summed E-state index contributed by atoms with van der Waals surface area (Å²) in [4.78, 5) is 9.00. The zero-order chi connectivity index (χ0) is 16.5. The number of carboxylic acids is 1. The van der Waals surface area contributed by atoms with Crippen molar-refractivity contribution in [3.63, 3.8) is 0 Å². The van der Waals surface area contributed by atoms with Crippen LogP contribution in [0, 0.1) is 0 Å². The van der Waals surface area contributed by atoms with E-state index in [4.69, 9.17) is 9.90 Å². The molecule has 0 amide bonds. The van der Waals surface area contributed by atoms with Crippen molar-refractivity contribution in [3.8, 4) is 0 Å². The molecule has 3 aromatic carbocycles. The van der Waals surface area contributed by atoms with Crippen LogP contribution >= 0.6 is 0 Å². The molecule has 0 bridgehead atoms. The van der Waals surface area contributed by atoms with E-state index in [0.29, 0.717) is 0 Å². The van der Waals surface area contributed by atoms with E-state index < -0.39 is 25.7 Å². The second kappa shape index (κ2) is 10.6. The zero-order valence-electron chi connectivity index (χ0n) is 13.6. The summed E-state index contributed by atoms with van der Waals surface area (Å²) >= 11 is -2.14. The number of benzene rings is 3. The van der Waals surface area contributed by atoms with E-state index in [0.717, 1.165) is 6.92 Å². The normalized spacial score (nSPS) is 9.42. The van der Waals surface area contributed by atoms with Crippen molar-refractivity contribution in [2.45, 2.75) is 6.92 Å². The van der Waals surface area contributed by atoms with Gasteiger partial charge in [0, 0.05) is 6.92 Å². The number of carboxylic acid groups (broad SMARTS) is 1. The molecule has 3 nitrogen and oxygen atoms in total. The second-order valence-corrected chi connectivity index (χ2v) is 13.4. The van der Waals surface area contributed by atoms with E-state index in [9.17, 15) is 0 Å². The molecule has 0 unspecified atom stereocenters. The predicted octanol–water partition coefficient (Wildman–Crippen LogP) is 1.20. The fourth-order valence-corrected chi connectivity index (χ4v) is 11.0. The Hall–Kier alpha value is -2.11. The standard InChI is InChI=1S/3C6H5.C2H4O2.H2O.Sn.H/c3*1-2-4-6-5-3-1;1-2(3)4;;;/h3*1-5H;1H3,(H,3,4);1H2;;. The van der Waals surface area contributed by atoms with Crippen LogP contribution in [0.15, 0.2) is 91.0 Å². The van der Waals surface area contributed by atoms with Crippen molar-refractivity contribution in [2.75, 3.05) is 0 Å². The van der Waals surface area contributed by atoms with Gasteiger partial charge in [-0.2, -0.15) is 0 Å². The van der Waals surface area contributed by atoms with E-state index in [1.54, 1.807) is 10.7 Å². The zero-order valence-corrected chi connectivity index (χ0v) is 16.9. The number of rotatable bonds is 3. The van der Waals surface area contributed by atoms with Crippen molar-refractivity contribution in [1.29, 1.82) is 0 Å². The summed E-state index contributed by atoms with van der Waals surface area (Å²) in [6, 6.07) is 33.0. The number of hydrogen-bond acceptors (Lipinski definition) is 1. The maximum absolute atomic E-state index is 9.00. The molecule has 0 aliphatic carbocycles. The van der Waals surface area contributed by atoms with Gasteiger partial charge in [0.1, 0.15) is 0 Å². The van der Waals surface area contributed by atoms with Gasteiger partial charge in [-0.25, -0.2) is 0 Å². The Morgan fingerprint density at radius 2 is 0.875 bits per heavy atom. The maximum atomic E-state index is 9.00. The van der Waals surface area contributed by atoms with Crippen LogP contribution in [0.1, 0.15) is 6.92 Å². The Kier molecular flexibility index (Phi) is 8.82. The van der Waals surface area contributed by atoms with Gasteiger partial charge in [-0.15, -0.1) is 0 Å². The Morgan fingerprint density at radius 1 is 0.667 bits per heavy atom. The molecule has 0 saturated carbocycles. The number of aliphatic carboxylic acids is 1. The SMILES string of the molecule is CC(=O)O.O.c1cc[c]([SnH]([c]2ccccc2)[c]2ccccc2)cc1. The summed E-state index contributed by atoms with van der Waals surface area (Å²) in [6.45, 7) is 1.08. The summed E-state index contributed by atoms with van der Waals surface area (Å²) < 4.78 is 4.63. The van der Waals surface area contributed by atoms with Crippen LogP contribution in [0.5, 0.6) is 0 Å². The molecule has 0 fully saturated rings. The number of hydrogen-bond donors (Lipinski definition) is 1. The molecule has 124 valence electrons. The molecule has 0 saturated heterocycles. The van der Waals surface area contributed by atoms with Gasteiger partial charge >= 0.3 is 121 Å². The Morgan fingerprint density at radius 3 is 1.08 bits per heavy atom. The molecule has 0 radical (unpaired) electrons. The van der Waals surface area contributed by atoms with E-state index >= 15 is 0 Å². The second-order valence-electron chi connectivity index (χ2n) is 5.18. The Labute approximate surface area is 149 Å². The first kappa shape index (κ1) is 19.9. The van der Waals surface area contributed by atoms with Gasteiger partial charge < -0.3 is 10.6 Å². The van der Waals surface area contributed by atoms with Gasteiger partial charge in [-0.05, 0) is 0 Å². The van der Waals surface area contributed by atoms with E-state index in [2.05, 4.69) is 91.0 Å². The minimum absolute atomic E-state index is 0. The van der Waals surface area contributed by atoms with Crippen molar-refractivity contribution in [2.24, 2.45) is 0 Å². The molecule has 3 N–H and O–H groups in total. The summed E-state index contributed by atoms with van der Waals surface area (Å²) in [6.07, 6.45) is 0. The van der Waals surface area contributed by atoms with E-state index in [1.165, 1.54) is 0 Å². The third-order valence-electron chi connectivity index (χ3n) is 3.40. The molecule has 4 heteroatoms. The minimum atomic E-state index is -2.14. The Bertz CT molecular complexity index is 618. The molecule has 3 rings (SSSR count). The summed E-state index contributed by atoms with van der Waals surface area (Å²) in [5, 5.41) is 7.42. The molecule has 0 aliphatic heterocycles. The summed E-state index contributed by atoms with van der Waals surface area (Å²) in [5.74, 6) is -0.833. The predicted molar refractivity (Wildman–Crippen MR) is 102 cm³/mol. The monoisotopic (exact) mass is 430 g/mol. The van der Waals surface area contributed by atoms with Gasteiger partial charge in [-0.1, -0.05) is 0 Å².